The van der Waals surface area contributed by atoms with Crippen molar-refractivity contribution in [2.24, 2.45) is 0 Å². The molecule has 1 atom stereocenters. The summed E-state index contributed by atoms with van der Waals surface area (Å²) in [5.74, 6) is -1.48. The fourth-order valence-electron chi connectivity index (χ4n) is 2.02. The van der Waals surface area contributed by atoms with Gasteiger partial charge in [-0.2, -0.15) is 0 Å². The Morgan fingerprint density at radius 1 is 1.10 bits per heavy atom. The van der Waals surface area contributed by atoms with Crippen LogP contribution in [0, 0.1) is 18.6 Å². The minimum atomic E-state index is -0.852. The summed E-state index contributed by atoms with van der Waals surface area (Å²) in [7, 11) is 0. The molecule has 0 aromatic heterocycles. The van der Waals surface area contributed by atoms with Crippen LogP contribution in [0.3, 0.4) is 0 Å². The van der Waals surface area contributed by atoms with Crippen molar-refractivity contribution in [2.75, 3.05) is 0 Å². The number of phenols is 1. The second kappa shape index (κ2) is 6.01. The second-order valence-electron chi connectivity index (χ2n) is 4.91. The molecule has 2 rings (SSSR count). The monoisotopic (exact) mass is 277 g/mol. The molecule has 0 aliphatic heterocycles. The van der Waals surface area contributed by atoms with Crippen LogP contribution in [-0.2, 0) is 6.54 Å². The molecule has 106 valence electrons. The number of hydrogen-bond donors (Lipinski definition) is 2. The number of aryl methyl sites for hydroxylation is 1. The Morgan fingerprint density at radius 2 is 1.85 bits per heavy atom. The maximum atomic E-state index is 13.2. The number of nitrogens with one attached hydrogen (secondary N) is 1. The van der Waals surface area contributed by atoms with Crippen LogP contribution in [0.25, 0.3) is 0 Å². The molecule has 0 amide bonds. The molecule has 0 radical (unpaired) electrons. The highest BCUT2D eigenvalue weighted by atomic mass is 19.2. The van der Waals surface area contributed by atoms with Crippen molar-refractivity contribution < 1.29 is 13.9 Å². The molecule has 4 heteroatoms. The minimum Gasteiger partial charge on any atom is -0.508 e. The van der Waals surface area contributed by atoms with Gasteiger partial charge in [0.2, 0.25) is 0 Å². The van der Waals surface area contributed by atoms with E-state index < -0.39 is 11.6 Å². The van der Waals surface area contributed by atoms with Gasteiger partial charge < -0.3 is 10.4 Å². The van der Waals surface area contributed by atoms with E-state index in [4.69, 9.17) is 0 Å². The molecule has 2 aromatic carbocycles. The first-order valence-electron chi connectivity index (χ1n) is 6.44. The average Bonchev–Trinajstić information content (AvgIpc) is 2.42. The number of halogens is 2. The summed E-state index contributed by atoms with van der Waals surface area (Å²) in [6.45, 7) is 4.26. The van der Waals surface area contributed by atoms with Crippen LogP contribution in [0.5, 0.6) is 5.75 Å². The third-order valence-corrected chi connectivity index (χ3v) is 3.28. The summed E-state index contributed by atoms with van der Waals surface area (Å²) in [6, 6.07) is 9.07. The van der Waals surface area contributed by atoms with Crippen LogP contribution in [0.4, 0.5) is 8.78 Å². The first kappa shape index (κ1) is 14.5. The third kappa shape index (κ3) is 3.33. The SMILES string of the molecule is Cc1ccc(O)c(CNC(C)c2ccc(F)c(F)c2)c1. The molecular formula is C16H17F2NO. The Bertz CT molecular complexity index is 613. The maximum Gasteiger partial charge on any atom is 0.159 e. The van der Waals surface area contributed by atoms with Gasteiger partial charge in [0.1, 0.15) is 5.75 Å². The largest absolute Gasteiger partial charge is 0.508 e. The third-order valence-electron chi connectivity index (χ3n) is 3.28. The lowest BCUT2D eigenvalue weighted by atomic mass is 10.1. The van der Waals surface area contributed by atoms with Crippen molar-refractivity contribution in [3.63, 3.8) is 0 Å². The van der Waals surface area contributed by atoms with E-state index in [9.17, 15) is 13.9 Å². The van der Waals surface area contributed by atoms with E-state index in [2.05, 4.69) is 5.32 Å². The summed E-state index contributed by atoms with van der Waals surface area (Å²) in [4.78, 5) is 0. The Kier molecular flexibility index (Phi) is 4.35. The number of rotatable bonds is 4. The first-order chi connectivity index (χ1) is 9.47. The average molecular weight is 277 g/mol. The van der Waals surface area contributed by atoms with Crippen molar-refractivity contribution in [1.29, 1.82) is 0 Å². The minimum absolute atomic E-state index is 0.148. The van der Waals surface area contributed by atoms with Gasteiger partial charge in [-0.15, -0.1) is 0 Å². The van der Waals surface area contributed by atoms with Crippen molar-refractivity contribution in [1.82, 2.24) is 5.32 Å². The predicted molar refractivity (Wildman–Crippen MR) is 74.5 cm³/mol. The summed E-state index contributed by atoms with van der Waals surface area (Å²) in [5, 5.41) is 12.9. The predicted octanol–water partition coefficient (Wildman–Crippen LogP) is 3.83. The summed E-state index contributed by atoms with van der Waals surface area (Å²) in [5.41, 5.74) is 2.50. The van der Waals surface area contributed by atoms with Crippen LogP contribution in [0.2, 0.25) is 0 Å². The van der Waals surface area contributed by atoms with Gasteiger partial charge in [-0.3, -0.25) is 0 Å². The maximum absolute atomic E-state index is 13.2. The number of benzene rings is 2. The highest BCUT2D eigenvalue weighted by molar-refractivity contribution is 5.35. The molecule has 0 fully saturated rings. The number of phenolic OH excluding ortho intramolecular Hbond substituents is 1. The Morgan fingerprint density at radius 3 is 2.55 bits per heavy atom. The van der Waals surface area contributed by atoms with Gasteiger partial charge in [-0.25, -0.2) is 8.78 Å². The van der Waals surface area contributed by atoms with E-state index in [1.54, 1.807) is 12.1 Å². The normalized spacial score (nSPS) is 12.4. The molecular weight excluding hydrogens is 260 g/mol. The fourth-order valence-corrected chi connectivity index (χ4v) is 2.02. The molecule has 0 saturated heterocycles. The zero-order valence-corrected chi connectivity index (χ0v) is 11.5. The summed E-state index contributed by atoms with van der Waals surface area (Å²) in [6.07, 6.45) is 0. The Hall–Kier alpha value is -1.94. The summed E-state index contributed by atoms with van der Waals surface area (Å²) >= 11 is 0. The fraction of sp³-hybridized carbons (Fsp3) is 0.250. The van der Waals surface area contributed by atoms with E-state index in [-0.39, 0.29) is 11.8 Å². The lowest BCUT2D eigenvalue weighted by Crippen LogP contribution is -2.18. The summed E-state index contributed by atoms with van der Waals surface area (Å²) < 4.78 is 26.1. The lowest BCUT2D eigenvalue weighted by Gasteiger charge is -2.15. The number of aromatic hydroxyl groups is 1. The topological polar surface area (TPSA) is 32.3 Å². The zero-order valence-electron chi connectivity index (χ0n) is 11.5. The zero-order chi connectivity index (χ0) is 14.7. The lowest BCUT2D eigenvalue weighted by molar-refractivity contribution is 0.459. The molecule has 2 nitrogen and oxygen atoms in total. The van der Waals surface area contributed by atoms with Crippen LogP contribution in [0.15, 0.2) is 36.4 Å². The van der Waals surface area contributed by atoms with Gasteiger partial charge in [0.05, 0.1) is 0 Å². The van der Waals surface area contributed by atoms with E-state index >= 15 is 0 Å². The number of hydrogen-bond acceptors (Lipinski definition) is 2. The van der Waals surface area contributed by atoms with Crippen molar-refractivity contribution >= 4 is 0 Å². The second-order valence-corrected chi connectivity index (χ2v) is 4.91. The molecule has 20 heavy (non-hydrogen) atoms. The highest BCUT2D eigenvalue weighted by Gasteiger charge is 2.10. The molecule has 0 saturated carbocycles. The molecule has 0 aliphatic rings. The van der Waals surface area contributed by atoms with E-state index in [0.29, 0.717) is 12.1 Å². The van der Waals surface area contributed by atoms with E-state index in [1.807, 2.05) is 26.0 Å². The smallest absolute Gasteiger partial charge is 0.159 e. The van der Waals surface area contributed by atoms with Gasteiger partial charge >= 0.3 is 0 Å². The van der Waals surface area contributed by atoms with Crippen molar-refractivity contribution in [2.45, 2.75) is 26.4 Å². The van der Waals surface area contributed by atoms with Gasteiger partial charge in [0.25, 0.3) is 0 Å². The van der Waals surface area contributed by atoms with Crippen molar-refractivity contribution in [3.8, 4) is 5.75 Å². The highest BCUT2D eigenvalue weighted by Crippen LogP contribution is 2.20. The quantitative estimate of drug-likeness (QED) is 0.890. The Balaban J connectivity index is 2.06. The van der Waals surface area contributed by atoms with Crippen LogP contribution < -0.4 is 5.32 Å². The van der Waals surface area contributed by atoms with Gasteiger partial charge in [0, 0.05) is 18.2 Å². The Labute approximate surface area is 117 Å². The van der Waals surface area contributed by atoms with Gasteiger partial charge in [-0.05, 0) is 37.6 Å². The first-order valence-corrected chi connectivity index (χ1v) is 6.44. The van der Waals surface area contributed by atoms with Crippen molar-refractivity contribution in [3.05, 3.63) is 64.7 Å². The standard InChI is InChI=1S/C16H17F2NO/c1-10-3-6-16(20)13(7-10)9-19-11(2)12-4-5-14(17)15(18)8-12/h3-8,11,19-20H,9H2,1-2H3. The van der Waals surface area contributed by atoms with Crippen LogP contribution in [-0.4, -0.2) is 5.11 Å². The van der Waals surface area contributed by atoms with Gasteiger partial charge in [-0.1, -0.05) is 23.8 Å². The van der Waals surface area contributed by atoms with E-state index in [1.165, 1.54) is 6.07 Å². The molecule has 0 aliphatic carbocycles. The van der Waals surface area contributed by atoms with Crippen LogP contribution in [0.1, 0.15) is 29.7 Å². The molecule has 2 aromatic rings. The van der Waals surface area contributed by atoms with Crippen LogP contribution >= 0.6 is 0 Å². The molecule has 0 heterocycles. The molecule has 0 spiro atoms. The molecule has 0 bridgehead atoms. The van der Waals surface area contributed by atoms with E-state index in [0.717, 1.165) is 17.2 Å². The molecule has 1 unspecified atom stereocenters. The van der Waals surface area contributed by atoms with Gasteiger partial charge in [0.15, 0.2) is 11.6 Å². The molecule has 2 N–H and O–H groups in total.